The van der Waals surface area contributed by atoms with E-state index in [2.05, 4.69) is 39.0 Å². The van der Waals surface area contributed by atoms with Crippen LogP contribution in [-0.4, -0.2) is 60.4 Å². The Hall–Kier alpha value is -2.73. The van der Waals surface area contributed by atoms with Gasteiger partial charge in [-0.1, -0.05) is 66.7 Å². The van der Waals surface area contributed by atoms with Gasteiger partial charge in [-0.25, -0.2) is 4.98 Å². The SMILES string of the molecule is O[C@@H](COC(c1ccccc1)c1ccccc1)CN1CCN(c2ccccn2)CC1. The smallest absolute Gasteiger partial charge is 0.128 e. The lowest BCUT2D eigenvalue weighted by Crippen LogP contribution is -2.49. The van der Waals surface area contributed by atoms with Gasteiger partial charge in [0.15, 0.2) is 0 Å². The molecular formula is C25H29N3O2. The highest BCUT2D eigenvalue weighted by atomic mass is 16.5. The van der Waals surface area contributed by atoms with Gasteiger partial charge in [-0.15, -0.1) is 0 Å². The molecule has 2 heterocycles. The summed E-state index contributed by atoms with van der Waals surface area (Å²) in [7, 11) is 0. The zero-order valence-electron chi connectivity index (χ0n) is 17.2. The van der Waals surface area contributed by atoms with Gasteiger partial charge in [0.1, 0.15) is 11.9 Å². The van der Waals surface area contributed by atoms with Gasteiger partial charge in [-0.3, -0.25) is 4.90 Å². The lowest BCUT2D eigenvalue weighted by molar-refractivity contribution is -0.00894. The van der Waals surface area contributed by atoms with Crippen molar-refractivity contribution in [2.45, 2.75) is 12.2 Å². The molecule has 0 amide bonds. The molecule has 3 aromatic rings. The number of hydrogen-bond acceptors (Lipinski definition) is 5. The third kappa shape index (κ3) is 5.45. The summed E-state index contributed by atoms with van der Waals surface area (Å²) in [6.45, 7) is 4.58. The Morgan fingerprint density at radius 1 is 0.800 bits per heavy atom. The number of rotatable bonds is 8. The molecule has 1 fully saturated rings. The maximum absolute atomic E-state index is 10.6. The largest absolute Gasteiger partial charge is 0.389 e. The molecule has 1 N–H and O–H groups in total. The average molecular weight is 404 g/mol. The third-order valence-electron chi connectivity index (χ3n) is 5.47. The molecule has 0 unspecified atom stereocenters. The summed E-state index contributed by atoms with van der Waals surface area (Å²) < 4.78 is 6.21. The molecule has 4 rings (SSSR count). The van der Waals surface area contributed by atoms with E-state index in [4.69, 9.17) is 4.74 Å². The summed E-state index contributed by atoms with van der Waals surface area (Å²) in [6.07, 6.45) is 1.13. The van der Waals surface area contributed by atoms with Crippen LogP contribution in [0.25, 0.3) is 0 Å². The number of pyridine rings is 1. The van der Waals surface area contributed by atoms with Crippen molar-refractivity contribution in [2.75, 3.05) is 44.2 Å². The minimum absolute atomic E-state index is 0.178. The van der Waals surface area contributed by atoms with Crippen molar-refractivity contribution < 1.29 is 9.84 Å². The summed E-state index contributed by atoms with van der Waals surface area (Å²) in [5, 5.41) is 10.6. The first kappa shape index (κ1) is 20.5. The minimum atomic E-state index is -0.527. The molecule has 0 spiro atoms. The quantitative estimate of drug-likeness (QED) is 0.625. The fourth-order valence-electron chi connectivity index (χ4n) is 3.90. The van der Waals surface area contributed by atoms with E-state index in [-0.39, 0.29) is 6.10 Å². The number of aliphatic hydroxyl groups is 1. The van der Waals surface area contributed by atoms with Crippen LogP contribution in [0.2, 0.25) is 0 Å². The number of ether oxygens (including phenoxy) is 1. The maximum atomic E-state index is 10.6. The topological polar surface area (TPSA) is 48.8 Å². The Balaban J connectivity index is 1.30. The van der Waals surface area contributed by atoms with Gasteiger partial charge in [0.2, 0.25) is 0 Å². The number of piperazine rings is 1. The van der Waals surface area contributed by atoms with Crippen molar-refractivity contribution in [1.29, 1.82) is 0 Å². The van der Waals surface area contributed by atoms with Crippen LogP contribution in [0.3, 0.4) is 0 Å². The molecule has 1 aliphatic heterocycles. The number of hydrogen-bond donors (Lipinski definition) is 1. The van der Waals surface area contributed by atoms with E-state index in [1.54, 1.807) is 0 Å². The Kier molecular flexibility index (Phi) is 7.08. The first-order chi connectivity index (χ1) is 14.8. The van der Waals surface area contributed by atoms with Crippen molar-refractivity contribution >= 4 is 5.82 Å². The lowest BCUT2D eigenvalue weighted by atomic mass is 10.0. The minimum Gasteiger partial charge on any atom is -0.389 e. The molecule has 1 saturated heterocycles. The molecule has 0 saturated carbocycles. The molecule has 0 bridgehead atoms. The molecule has 1 aromatic heterocycles. The average Bonchev–Trinajstić information content (AvgIpc) is 2.82. The highest BCUT2D eigenvalue weighted by Crippen LogP contribution is 2.26. The standard InChI is InChI=1S/C25H29N3O2/c29-23(19-27-15-17-28(18-16-27)24-13-7-8-14-26-24)20-30-25(21-9-3-1-4-10-21)22-11-5-2-6-12-22/h1-14,23,25,29H,15-20H2/t23-/m1/s1. The molecule has 156 valence electrons. The van der Waals surface area contributed by atoms with E-state index < -0.39 is 6.10 Å². The highest BCUT2D eigenvalue weighted by Gasteiger charge is 2.21. The summed E-state index contributed by atoms with van der Waals surface area (Å²) in [6, 6.07) is 26.4. The molecule has 0 radical (unpaired) electrons. The van der Waals surface area contributed by atoms with Crippen LogP contribution in [0, 0.1) is 0 Å². The summed E-state index contributed by atoms with van der Waals surface area (Å²) in [5.41, 5.74) is 2.19. The lowest BCUT2D eigenvalue weighted by Gasteiger charge is -2.36. The van der Waals surface area contributed by atoms with Crippen LogP contribution in [-0.2, 0) is 4.74 Å². The van der Waals surface area contributed by atoms with E-state index in [1.807, 2.05) is 60.8 Å². The number of benzene rings is 2. The number of aromatic nitrogens is 1. The van der Waals surface area contributed by atoms with Crippen molar-refractivity contribution in [2.24, 2.45) is 0 Å². The second kappa shape index (κ2) is 10.3. The molecular weight excluding hydrogens is 374 g/mol. The van der Waals surface area contributed by atoms with Crippen LogP contribution in [0.1, 0.15) is 17.2 Å². The number of β-amino-alcohol motifs (C(OH)–C–C–N with tert-alkyl or cyclic N) is 1. The predicted molar refractivity (Wildman–Crippen MR) is 120 cm³/mol. The number of nitrogens with zero attached hydrogens (tertiary/aromatic N) is 3. The fraction of sp³-hybridized carbons (Fsp3) is 0.320. The van der Waals surface area contributed by atoms with Gasteiger partial charge in [-0.2, -0.15) is 0 Å². The van der Waals surface area contributed by atoms with E-state index in [0.717, 1.165) is 43.1 Å². The van der Waals surface area contributed by atoms with Gasteiger partial charge in [0, 0.05) is 38.9 Å². The molecule has 1 atom stereocenters. The first-order valence-electron chi connectivity index (χ1n) is 10.6. The zero-order valence-corrected chi connectivity index (χ0v) is 17.2. The number of anilines is 1. The Morgan fingerprint density at radius 2 is 1.40 bits per heavy atom. The maximum Gasteiger partial charge on any atom is 0.128 e. The molecule has 2 aromatic carbocycles. The van der Waals surface area contributed by atoms with Crippen molar-refractivity contribution in [3.63, 3.8) is 0 Å². The Labute approximate surface area is 178 Å². The van der Waals surface area contributed by atoms with E-state index >= 15 is 0 Å². The summed E-state index contributed by atoms with van der Waals surface area (Å²) >= 11 is 0. The molecule has 30 heavy (non-hydrogen) atoms. The van der Waals surface area contributed by atoms with Crippen LogP contribution >= 0.6 is 0 Å². The molecule has 1 aliphatic rings. The van der Waals surface area contributed by atoms with Gasteiger partial charge in [0.25, 0.3) is 0 Å². The van der Waals surface area contributed by atoms with Crippen LogP contribution in [0.4, 0.5) is 5.82 Å². The second-order valence-electron chi connectivity index (χ2n) is 7.66. The van der Waals surface area contributed by atoms with E-state index in [0.29, 0.717) is 13.2 Å². The second-order valence-corrected chi connectivity index (χ2v) is 7.66. The van der Waals surface area contributed by atoms with Gasteiger partial charge in [-0.05, 0) is 23.3 Å². The van der Waals surface area contributed by atoms with E-state index in [1.165, 1.54) is 0 Å². The van der Waals surface area contributed by atoms with Crippen LogP contribution < -0.4 is 4.90 Å². The van der Waals surface area contributed by atoms with Gasteiger partial charge >= 0.3 is 0 Å². The monoisotopic (exact) mass is 403 g/mol. The molecule has 5 nitrogen and oxygen atoms in total. The zero-order chi connectivity index (χ0) is 20.6. The molecule has 0 aliphatic carbocycles. The third-order valence-corrected chi connectivity index (χ3v) is 5.47. The summed E-state index contributed by atoms with van der Waals surface area (Å²) in [4.78, 5) is 9.02. The highest BCUT2D eigenvalue weighted by molar-refractivity contribution is 5.38. The van der Waals surface area contributed by atoms with Crippen molar-refractivity contribution in [1.82, 2.24) is 9.88 Å². The van der Waals surface area contributed by atoms with Crippen LogP contribution in [0.15, 0.2) is 85.1 Å². The summed E-state index contributed by atoms with van der Waals surface area (Å²) in [5.74, 6) is 1.02. The van der Waals surface area contributed by atoms with Gasteiger partial charge < -0.3 is 14.7 Å². The molecule has 5 heteroatoms. The predicted octanol–water partition coefficient (Wildman–Crippen LogP) is 3.37. The Bertz CT molecular complexity index is 829. The number of aliphatic hydroxyl groups excluding tert-OH is 1. The van der Waals surface area contributed by atoms with Gasteiger partial charge in [0.05, 0.1) is 12.7 Å². The fourth-order valence-corrected chi connectivity index (χ4v) is 3.90. The first-order valence-corrected chi connectivity index (χ1v) is 10.6. The Morgan fingerprint density at radius 3 is 1.97 bits per heavy atom. The van der Waals surface area contributed by atoms with Crippen molar-refractivity contribution in [3.8, 4) is 0 Å². The van der Waals surface area contributed by atoms with E-state index in [9.17, 15) is 5.11 Å². The van der Waals surface area contributed by atoms with Crippen LogP contribution in [0.5, 0.6) is 0 Å². The van der Waals surface area contributed by atoms with Crippen molar-refractivity contribution in [3.05, 3.63) is 96.2 Å². The normalized spacial score (nSPS) is 16.0.